The second-order valence-electron chi connectivity index (χ2n) is 7.36. The van der Waals surface area contributed by atoms with Crippen LogP contribution in [-0.4, -0.2) is 31.9 Å². The summed E-state index contributed by atoms with van der Waals surface area (Å²) in [6, 6.07) is 6.67. The normalized spacial score (nSPS) is 23.9. The summed E-state index contributed by atoms with van der Waals surface area (Å²) in [5.41, 5.74) is 3.34. The molecule has 114 valence electrons. The first-order valence-corrected chi connectivity index (χ1v) is 8.00. The van der Waals surface area contributed by atoms with Gasteiger partial charge >= 0.3 is 7.12 Å². The number of hydrogen-bond acceptors (Lipinski definition) is 3. The van der Waals surface area contributed by atoms with Crippen LogP contribution in [0.15, 0.2) is 18.2 Å². The molecule has 21 heavy (non-hydrogen) atoms. The topological polar surface area (TPSA) is 21.7 Å². The summed E-state index contributed by atoms with van der Waals surface area (Å²) in [5.74, 6) is 0. The Labute approximate surface area is 128 Å². The standard InChI is InChI=1S/C17H26BNO2/c1-16(2)17(3,4)21-18(20-16)14-10-9-13-8-6-7-11-19(5)15(13)12-14/h9-10,12H,6-8,11H2,1-5H3. The van der Waals surface area contributed by atoms with E-state index in [4.69, 9.17) is 9.31 Å². The fourth-order valence-electron chi connectivity index (χ4n) is 3.06. The molecule has 1 saturated heterocycles. The monoisotopic (exact) mass is 287 g/mol. The van der Waals surface area contributed by atoms with Crippen LogP contribution in [0, 0.1) is 0 Å². The predicted octanol–water partition coefficient (Wildman–Crippen LogP) is 2.76. The van der Waals surface area contributed by atoms with Gasteiger partial charge in [0.25, 0.3) is 0 Å². The summed E-state index contributed by atoms with van der Waals surface area (Å²) in [7, 11) is 1.91. The first-order chi connectivity index (χ1) is 9.80. The molecule has 0 N–H and O–H groups in total. The fourth-order valence-corrected chi connectivity index (χ4v) is 3.06. The average Bonchev–Trinajstić information content (AvgIpc) is 2.55. The van der Waals surface area contributed by atoms with Gasteiger partial charge in [-0.2, -0.15) is 0 Å². The minimum Gasteiger partial charge on any atom is -0.399 e. The summed E-state index contributed by atoms with van der Waals surface area (Å²) in [4.78, 5) is 2.36. The molecule has 0 radical (unpaired) electrons. The van der Waals surface area contributed by atoms with E-state index in [0.29, 0.717) is 0 Å². The Morgan fingerprint density at radius 2 is 1.71 bits per heavy atom. The molecule has 0 saturated carbocycles. The molecule has 1 fully saturated rings. The lowest BCUT2D eigenvalue weighted by atomic mass is 9.78. The highest BCUT2D eigenvalue weighted by Crippen LogP contribution is 2.37. The summed E-state index contributed by atoms with van der Waals surface area (Å²) in [5, 5.41) is 0. The van der Waals surface area contributed by atoms with Crippen LogP contribution in [0.25, 0.3) is 0 Å². The van der Waals surface area contributed by atoms with E-state index < -0.39 is 0 Å². The van der Waals surface area contributed by atoms with Gasteiger partial charge in [-0.25, -0.2) is 0 Å². The van der Waals surface area contributed by atoms with Gasteiger partial charge in [-0.3, -0.25) is 0 Å². The SMILES string of the molecule is CN1CCCCc2ccc(B3OC(C)(C)C(C)(C)O3)cc21. The van der Waals surface area contributed by atoms with Gasteiger partial charge in [0.15, 0.2) is 0 Å². The molecule has 0 spiro atoms. The van der Waals surface area contributed by atoms with Gasteiger partial charge < -0.3 is 14.2 Å². The Bertz CT molecular complexity index is 526. The number of benzene rings is 1. The van der Waals surface area contributed by atoms with Crippen molar-refractivity contribution in [3.05, 3.63) is 23.8 Å². The smallest absolute Gasteiger partial charge is 0.399 e. The van der Waals surface area contributed by atoms with Gasteiger partial charge in [0, 0.05) is 19.3 Å². The lowest BCUT2D eigenvalue weighted by molar-refractivity contribution is 0.00578. The van der Waals surface area contributed by atoms with Crippen LogP contribution in [0.1, 0.15) is 46.1 Å². The second kappa shape index (κ2) is 5.03. The average molecular weight is 287 g/mol. The van der Waals surface area contributed by atoms with E-state index in [1.165, 1.54) is 30.5 Å². The van der Waals surface area contributed by atoms with Crippen molar-refractivity contribution >= 4 is 18.3 Å². The second-order valence-corrected chi connectivity index (χ2v) is 7.36. The minimum atomic E-state index is -0.281. The maximum Gasteiger partial charge on any atom is 0.494 e. The van der Waals surface area contributed by atoms with Crippen LogP contribution in [0.4, 0.5) is 5.69 Å². The Hall–Kier alpha value is -0.995. The third-order valence-electron chi connectivity index (χ3n) is 5.24. The van der Waals surface area contributed by atoms with Gasteiger partial charge in [0.05, 0.1) is 11.2 Å². The molecule has 0 amide bonds. The molecule has 2 aliphatic heterocycles. The lowest BCUT2D eigenvalue weighted by Gasteiger charge is -2.32. The van der Waals surface area contributed by atoms with Gasteiger partial charge in [-0.15, -0.1) is 0 Å². The summed E-state index contributed by atoms with van der Waals surface area (Å²) in [6.45, 7) is 9.52. The Balaban J connectivity index is 1.91. The van der Waals surface area contributed by atoms with Crippen molar-refractivity contribution in [1.29, 1.82) is 0 Å². The number of nitrogens with zero attached hydrogens (tertiary/aromatic N) is 1. The molecule has 4 heteroatoms. The van der Waals surface area contributed by atoms with Crippen molar-refractivity contribution in [3.8, 4) is 0 Å². The quantitative estimate of drug-likeness (QED) is 0.741. The fraction of sp³-hybridized carbons (Fsp3) is 0.647. The van der Waals surface area contributed by atoms with Gasteiger partial charge in [0.2, 0.25) is 0 Å². The highest BCUT2D eigenvalue weighted by Gasteiger charge is 2.51. The van der Waals surface area contributed by atoms with Crippen LogP contribution in [0.2, 0.25) is 0 Å². The molecular formula is C17H26BNO2. The van der Waals surface area contributed by atoms with E-state index in [1.54, 1.807) is 0 Å². The number of anilines is 1. The zero-order valence-electron chi connectivity index (χ0n) is 13.9. The highest BCUT2D eigenvalue weighted by molar-refractivity contribution is 6.62. The van der Waals surface area contributed by atoms with E-state index in [9.17, 15) is 0 Å². The Morgan fingerprint density at radius 3 is 2.38 bits per heavy atom. The molecule has 2 heterocycles. The van der Waals surface area contributed by atoms with Gasteiger partial charge in [0.1, 0.15) is 0 Å². The molecular weight excluding hydrogens is 261 g/mol. The number of fused-ring (bicyclic) bond motifs is 1. The van der Waals surface area contributed by atoms with E-state index in [-0.39, 0.29) is 18.3 Å². The van der Waals surface area contributed by atoms with Crippen molar-refractivity contribution in [2.24, 2.45) is 0 Å². The van der Waals surface area contributed by atoms with Crippen molar-refractivity contribution in [3.63, 3.8) is 0 Å². The molecule has 2 aliphatic rings. The van der Waals surface area contributed by atoms with E-state index in [0.717, 1.165) is 12.0 Å². The van der Waals surface area contributed by atoms with Crippen LogP contribution < -0.4 is 10.4 Å². The maximum absolute atomic E-state index is 6.17. The van der Waals surface area contributed by atoms with E-state index in [1.807, 2.05) is 0 Å². The third-order valence-corrected chi connectivity index (χ3v) is 5.24. The lowest BCUT2D eigenvalue weighted by Crippen LogP contribution is -2.41. The summed E-state index contributed by atoms with van der Waals surface area (Å²) >= 11 is 0. The van der Waals surface area contributed by atoms with Crippen molar-refractivity contribution in [2.75, 3.05) is 18.5 Å². The van der Waals surface area contributed by atoms with Crippen LogP contribution >= 0.6 is 0 Å². The molecule has 0 bridgehead atoms. The van der Waals surface area contributed by atoms with E-state index >= 15 is 0 Å². The molecule has 1 aromatic rings. The van der Waals surface area contributed by atoms with Gasteiger partial charge in [-0.05, 0) is 64.1 Å². The van der Waals surface area contributed by atoms with Crippen LogP contribution in [-0.2, 0) is 15.7 Å². The Kier molecular flexibility index (Phi) is 3.57. The first kappa shape index (κ1) is 14.9. The number of hydrogen-bond donors (Lipinski definition) is 0. The molecule has 0 atom stereocenters. The van der Waals surface area contributed by atoms with Crippen LogP contribution in [0.3, 0.4) is 0 Å². The van der Waals surface area contributed by atoms with Crippen molar-refractivity contribution in [2.45, 2.75) is 58.2 Å². The largest absolute Gasteiger partial charge is 0.494 e. The van der Waals surface area contributed by atoms with E-state index in [2.05, 4.69) is 57.8 Å². The zero-order chi connectivity index (χ0) is 15.3. The minimum absolute atomic E-state index is 0.267. The summed E-state index contributed by atoms with van der Waals surface area (Å²) in [6.07, 6.45) is 3.70. The zero-order valence-corrected chi connectivity index (χ0v) is 13.9. The number of rotatable bonds is 1. The molecule has 3 nitrogen and oxygen atoms in total. The molecule has 1 aromatic carbocycles. The molecule has 3 rings (SSSR count). The molecule has 0 aliphatic carbocycles. The van der Waals surface area contributed by atoms with Crippen molar-refractivity contribution in [1.82, 2.24) is 0 Å². The van der Waals surface area contributed by atoms with Crippen LogP contribution in [0.5, 0.6) is 0 Å². The Morgan fingerprint density at radius 1 is 1.05 bits per heavy atom. The third kappa shape index (κ3) is 2.60. The van der Waals surface area contributed by atoms with Crippen molar-refractivity contribution < 1.29 is 9.31 Å². The maximum atomic E-state index is 6.17. The summed E-state index contributed by atoms with van der Waals surface area (Å²) < 4.78 is 12.3. The van der Waals surface area contributed by atoms with Gasteiger partial charge in [-0.1, -0.05) is 12.1 Å². The molecule has 0 unspecified atom stereocenters. The number of aryl methyl sites for hydroxylation is 1. The first-order valence-electron chi connectivity index (χ1n) is 8.00. The molecule has 0 aromatic heterocycles. The highest BCUT2D eigenvalue weighted by atomic mass is 16.7. The predicted molar refractivity (Wildman–Crippen MR) is 88.4 cm³/mol.